The summed E-state index contributed by atoms with van der Waals surface area (Å²) in [7, 11) is 0. The Balaban J connectivity index is 2.20. The highest BCUT2D eigenvalue weighted by Gasteiger charge is 2.23. The summed E-state index contributed by atoms with van der Waals surface area (Å²) in [5.74, 6) is -2.49. The van der Waals surface area contributed by atoms with E-state index < -0.39 is 24.5 Å². The number of aryl methyl sites for hydroxylation is 1. The number of aromatic carboxylic acids is 1. The Labute approximate surface area is 137 Å². The summed E-state index contributed by atoms with van der Waals surface area (Å²) < 4.78 is 0.698. The van der Waals surface area contributed by atoms with Crippen LogP contribution in [0.15, 0.2) is 36.5 Å². The molecule has 2 rings (SSSR count). The van der Waals surface area contributed by atoms with Gasteiger partial charge in [0.15, 0.2) is 5.69 Å². The number of carbonyl (C=O) groups excluding carboxylic acids is 1. The molecule has 0 aliphatic heterocycles. The smallest absolute Gasteiger partial charge is 0.354 e. The molecule has 2 N–H and O–H groups in total. The van der Waals surface area contributed by atoms with Gasteiger partial charge in [-0.15, -0.1) is 0 Å². The van der Waals surface area contributed by atoms with Gasteiger partial charge in [-0.05, 0) is 30.5 Å². The summed E-state index contributed by atoms with van der Waals surface area (Å²) in [6.45, 7) is 1.52. The highest BCUT2D eigenvalue weighted by molar-refractivity contribution is 5.91. The summed E-state index contributed by atoms with van der Waals surface area (Å²) in [4.78, 5) is 35.7. The minimum Gasteiger partial charge on any atom is -0.480 e. The fourth-order valence-corrected chi connectivity index (χ4v) is 2.30. The predicted molar refractivity (Wildman–Crippen MR) is 84.1 cm³/mol. The van der Waals surface area contributed by atoms with Crippen LogP contribution in [-0.4, -0.2) is 56.0 Å². The molecule has 126 valence electrons. The lowest BCUT2D eigenvalue weighted by atomic mass is 10.1. The van der Waals surface area contributed by atoms with Gasteiger partial charge in [0.2, 0.25) is 0 Å². The molecule has 0 unspecified atom stereocenters. The van der Waals surface area contributed by atoms with Gasteiger partial charge >= 0.3 is 18.0 Å². The van der Waals surface area contributed by atoms with E-state index in [9.17, 15) is 14.4 Å². The van der Waals surface area contributed by atoms with Crippen LogP contribution in [0.5, 0.6) is 0 Å². The topological polar surface area (TPSA) is 113 Å². The molecule has 0 saturated heterocycles. The SMILES string of the molecule is Cc1ccccc1CCN(CC(=O)O)C(=O)n1nccc1C(=O)O. The van der Waals surface area contributed by atoms with E-state index in [4.69, 9.17) is 10.2 Å². The molecule has 0 spiro atoms. The molecule has 0 atom stereocenters. The number of carboxylic acids is 2. The predicted octanol–water partition coefficient (Wildman–Crippen LogP) is 1.49. The van der Waals surface area contributed by atoms with Crippen molar-refractivity contribution >= 4 is 18.0 Å². The Kier molecular flexibility index (Phi) is 5.31. The largest absolute Gasteiger partial charge is 0.480 e. The maximum atomic E-state index is 12.5. The van der Waals surface area contributed by atoms with Crippen LogP contribution in [0, 0.1) is 6.92 Å². The van der Waals surface area contributed by atoms with Gasteiger partial charge in [-0.2, -0.15) is 9.78 Å². The average Bonchev–Trinajstić information content (AvgIpc) is 3.01. The number of carboxylic acid groups (broad SMARTS) is 2. The van der Waals surface area contributed by atoms with Gasteiger partial charge in [0.25, 0.3) is 0 Å². The molecule has 0 aliphatic carbocycles. The van der Waals surface area contributed by atoms with Crippen LogP contribution < -0.4 is 0 Å². The van der Waals surface area contributed by atoms with Crippen molar-refractivity contribution in [2.75, 3.05) is 13.1 Å². The van der Waals surface area contributed by atoms with Gasteiger partial charge in [-0.1, -0.05) is 24.3 Å². The van der Waals surface area contributed by atoms with Crippen molar-refractivity contribution in [3.05, 3.63) is 53.3 Å². The summed E-state index contributed by atoms with van der Waals surface area (Å²) in [5, 5.41) is 21.8. The van der Waals surface area contributed by atoms with E-state index in [1.807, 2.05) is 31.2 Å². The Bertz CT molecular complexity index is 769. The number of nitrogens with zero attached hydrogens (tertiary/aromatic N) is 3. The van der Waals surface area contributed by atoms with E-state index in [0.717, 1.165) is 16.0 Å². The number of aromatic nitrogens is 2. The van der Waals surface area contributed by atoms with E-state index in [-0.39, 0.29) is 12.2 Å². The highest BCUT2D eigenvalue weighted by atomic mass is 16.4. The molecule has 0 bridgehead atoms. The third-order valence-electron chi connectivity index (χ3n) is 3.55. The molecule has 0 aliphatic rings. The van der Waals surface area contributed by atoms with Crippen LogP contribution in [0.3, 0.4) is 0 Å². The van der Waals surface area contributed by atoms with E-state index in [1.165, 1.54) is 12.3 Å². The van der Waals surface area contributed by atoms with Gasteiger partial charge in [-0.3, -0.25) is 4.79 Å². The first-order valence-electron chi connectivity index (χ1n) is 7.23. The molecule has 8 nitrogen and oxygen atoms in total. The molecule has 1 amide bonds. The quantitative estimate of drug-likeness (QED) is 0.829. The molecule has 2 aromatic rings. The van der Waals surface area contributed by atoms with Crippen LogP contribution in [0.25, 0.3) is 0 Å². The Morgan fingerprint density at radius 1 is 1.17 bits per heavy atom. The fraction of sp³-hybridized carbons (Fsp3) is 0.250. The normalized spacial score (nSPS) is 10.4. The van der Waals surface area contributed by atoms with Gasteiger partial charge in [0.05, 0.1) is 6.20 Å². The maximum Gasteiger partial charge on any atom is 0.354 e. The Hall–Kier alpha value is -3.16. The first kappa shape index (κ1) is 17.2. The average molecular weight is 331 g/mol. The number of hydrogen-bond donors (Lipinski definition) is 2. The lowest BCUT2D eigenvalue weighted by Gasteiger charge is -2.21. The van der Waals surface area contributed by atoms with Gasteiger partial charge in [0, 0.05) is 6.54 Å². The fourth-order valence-electron chi connectivity index (χ4n) is 2.30. The third-order valence-corrected chi connectivity index (χ3v) is 3.55. The van der Waals surface area contributed by atoms with Gasteiger partial charge < -0.3 is 15.1 Å². The number of rotatable bonds is 6. The standard InChI is InChI=1S/C16H17N3O5/c1-11-4-2-3-5-12(11)7-9-18(10-14(20)21)16(24)19-13(15(22)23)6-8-17-19/h2-6,8H,7,9-10H2,1H3,(H,20,21)(H,22,23). The van der Waals surface area contributed by atoms with Crippen LogP contribution in [0.1, 0.15) is 21.6 Å². The molecule has 0 fully saturated rings. The van der Waals surface area contributed by atoms with Crippen LogP contribution in [-0.2, 0) is 11.2 Å². The van der Waals surface area contributed by atoms with Crippen molar-refractivity contribution in [1.82, 2.24) is 14.7 Å². The Morgan fingerprint density at radius 2 is 1.88 bits per heavy atom. The molecule has 8 heteroatoms. The monoisotopic (exact) mass is 331 g/mol. The molecule has 1 aromatic heterocycles. The molecule has 1 aromatic carbocycles. The van der Waals surface area contributed by atoms with E-state index in [0.29, 0.717) is 11.1 Å². The minimum atomic E-state index is -1.31. The zero-order valence-electron chi connectivity index (χ0n) is 13.0. The van der Waals surface area contributed by atoms with E-state index in [1.54, 1.807) is 0 Å². The van der Waals surface area contributed by atoms with Crippen molar-refractivity contribution in [3.63, 3.8) is 0 Å². The van der Waals surface area contributed by atoms with Crippen LogP contribution >= 0.6 is 0 Å². The second-order valence-corrected chi connectivity index (χ2v) is 5.21. The third kappa shape index (κ3) is 3.97. The summed E-state index contributed by atoms with van der Waals surface area (Å²) >= 11 is 0. The number of carbonyl (C=O) groups is 3. The zero-order valence-corrected chi connectivity index (χ0v) is 13.0. The molecule has 0 radical (unpaired) electrons. The lowest BCUT2D eigenvalue weighted by molar-refractivity contribution is -0.137. The maximum absolute atomic E-state index is 12.5. The van der Waals surface area contributed by atoms with Crippen LogP contribution in [0.4, 0.5) is 4.79 Å². The summed E-state index contributed by atoms with van der Waals surface area (Å²) in [6.07, 6.45) is 1.64. The van der Waals surface area contributed by atoms with Gasteiger partial charge in [0.1, 0.15) is 6.54 Å². The van der Waals surface area contributed by atoms with E-state index in [2.05, 4.69) is 5.10 Å². The number of amides is 1. The zero-order chi connectivity index (χ0) is 17.7. The second kappa shape index (κ2) is 7.40. The Morgan fingerprint density at radius 3 is 2.50 bits per heavy atom. The second-order valence-electron chi connectivity index (χ2n) is 5.21. The molecule has 24 heavy (non-hydrogen) atoms. The van der Waals surface area contributed by atoms with Crippen molar-refractivity contribution in [2.24, 2.45) is 0 Å². The first-order chi connectivity index (χ1) is 11.4. The van der Waals surface area contributed by atoms with Crippen molar-refractivity contribution < 1.29 is 24.6 Å². The van der Waals surface area contributed by atoms with Crippen LogP contribution in [0.2, 0.25) is 0 Å². The number of aliphatic carboxylic acids is 1. The summed E-state index contributed by atoms with van der Waals surface area (Å²) in [6, 6.07) is 7.97. The molecular formula is C16H17N3O5. The highest BCUT2D eigenvalue weighted by Crippen LogP contribution is 2.10. The molecular weight excluding hydrogens is 314 g/mol. The van der Waals surface area contributed by atoms with Crippen molar-refractivity contribution in [3.8, 4) is 0 Å². The first-order valence-corrected chi connectivity index (χ1v) is 7.23. The van der Waals surface area contributed by atoms with Gasteiger partial charge in [-0.25, -0.2) is 9.59 Å². The number of benzene rings is 1. The van der Waals surface area contributed by atoms with Crippen molar-refractivity contribution in [1.29, 1.82) is 0 Å². The number of hydrogen-bond acceptors (Lipinski definition) is 4. The minimum absolute atomic E-state index is 0.134. The van der Waals surface area contributed by atoms with Crippen molar-refractivity contribution in [2.45, 2.75) is 13.3 Å². The van der Waals surface area contributed by atoms with E-state index >= 15 is 0 Å². The lowest BCUT2D eigenvalue weighted by Crippen LogP contribution is -2.41. The molecule has 0 saturated carbocycles. The molecule has 1 heterocycles. The summed E-state index contributed by atoms with van der Waals surface area (Å²) in [5.41, 5.74) is 1.71.